The van der Waals surface area contributed by atoms with Gasteiger partial charge in [-0.05, 0) is 29.9 Å². The standard InChI is InChI=1S/C13H21NO/c1-3-11(2)13-6-4-12(5-7-13)8-9-14-10-15/h4-7,11,14-15H,3,8-10H2,1-2H3. The Kier molecular flexibility index (Phi) is 5.37. The van der Waals surface area contributed by atoms with E-state index >= 15 is 0 Å². The molecule has 0 spiro atoms. The molecule has 0 fully saturated rings. The fourth-order valence-corrected chi connectivity index (χ4v) is 1.56. The van der Waals surface area contributed by atoms with E-state index in [0.717, 1.165) is 13.0 Å². The van der Waals surface area contributed by atoms with Gasteiger partial charge in [0.05, 0.1) is 6.73 Å². The molecule has 0 aliphatic rings. The van der Waals surface area contributed by atoms with Crippen LogP contribution in [0, 0.1) is 0 Å². The number of aliphatic hydroxyl groups excluding tert-OH is 1. The number of rotatable bonds is 6. The van der Waals surface area contributed by atoms with Crippen molar-refractivity contribution in [1.82, 2.24) is 5.32 Å². The number of hydrogen-bond acceptors (Lipinski definition) is 2. The van der Waals surface area contributed by atoms with E-state index in [1.807, 2.05) is 0 Å². The van der Waals surface area contributed by atoms with Gasteiger partial charge in [-0.3, -0.25) is 5.32 Å². The summed E-state index contributed by atoms with van der Waals surface area (Å²) >= 11 is 0. The number of nitrogens with one attached hydrogen (secondary N) is 1. The van der Waals surface area contributed by atoms with Crippen molar-refractivity contribution in [3.63, 3.8) is 0 Å². The number of aliphatic hydroxyl groups is 1. The predicted molar refractivity (Wildman–Crippen MR) is 63.9 cm³/mol. The van der Waals surface area contributed by atoms with Crippen LogP contribution in [0.1, 0.15) is 37.3 Å². The summed E-state index contributed by atoms with van der Waals surface area (Å²) < 4.78 is 0. The molecule has 0 radical (unpaired) electrons. The number of benzene rings is 1. The molecule has 0 saturated heterocycles. The minimum atomic E-state index is 0.0605. The van der Waals surface area contributed by atoms with Crippen LogP contribution in [0.3, 0.4) is 0 Å². The summed E-state index contributed by atoms with van der Waals surface area (Å²) in [6.45, 7) is 5.36. The molecule has 2 nitrogen and oxygen atoms in total. The minimum Gasteiger partial charge on any atom is -0.381 e. The highest BCUT2D eigenvalue weighted by molar-refractivity contribution is 5.25. The molecule has 1 unspecified atom stereocenters. The summed E-state index contributed by atoms with van der Waals surface area (Å²) in [6, 6.07) is 8.78. The Balaban J connectivity index is 2.49. The maximum absolute atomic E-state index is 8.58. The highest BCUT2D eigenvalue weighted by Crippen LogP contribution is 2.18. The fourth-order valence-electron chi connectivity index (χ4n) is 1.56. The Bertz CT molecular complexity index is 268. The fraction of sp³-hybridized carbons (Fsp3) is 0.538. The molecule has 0 bridgehead atoms. The van der Waals surface area contributed by atoms with Crippen LogP contribution in [0.25, 0.3) is 0 Å². The lowest BCUT2D eigenvalue weighted by molar-refractivity contribution is 0.262. The Morgan fingerprint density at radius 3 is 2.47 bits per heavy atom. The van der Waals surface area contributed by atoms with Crippen LogP contribution in [0.4, 0.5) is 0 Å². The molecule has 0 aliphatic carbocycles. The lowest BCUT2D eigenvalue weighted by Gasteiger charge is -2.09. The van der Waals surface area contributed by atoms with Crippen LogP contribution in [0.5, 0.6) is 0 Å². The molecule has 1 aromatic rings. The average Bonchev–Trinajstić information content (AvgIpc) is 2.29. The normalized spacial score (nSPS) is 12.7. The third-order valence-corrected chi connectivity index (χ3v) is 2.86. The van der Waals surface area contributed by atoms with E-state index in [9.17, 15) is 0 Å². The molecule has 0 saturated carbocycles. The van der Waals surface area contributed by atoms with E-state index in [1.165, 1.54) is 17.5 Å². The van der Waals surface area contributed by atoms with Crippen LogP contribution >= 0.6 is 0 Å². The van der Waals surface area contributed by atoms with E-state index in [0.29, 0.717) is 5.92 Å². The van der Waals surface area contributed by atoms with Crippen molar-refractivity contribution in [2.75, 3.05) is 13.3 Å². The molecule has 1 aromatic carbocycles. The summed E-state index contributed by atoms with van der Waals surface area (Å²) in [5, 5.41) is 11.5. The molecule has 2 heteroatoms. The van der Waals surface area contributed by atoms with Crippen LogP contribution < -0.4 is 5.32 Å². The Labute approximate surface area is 92.3 Å². The summed E-state index contributed by atoms with van der Waals surface area (Å²) in [5.41, 5.74) is 2.74. The molecule has 0 amide bonds. The van der Waals surface area contributed by atoms with Crippen molar-refractivity contribution < 1.29 is 5.11 Å². The number of hydrogen-bond donors (Lipinski definition) is 2. The second kappa shape index (κ2) is 6.59. The monoisotopic (exact) mass is 207 g/mol. The van der Waals surface area contributed by atoms with Crippen molar-refractivity contribution in [3.05, 3.63) is 35.4 Å². The maximum atomic E-state index is 8.58. The first kappa shape index (κ1) is 12.2. The maximum Gasteiger partial charge on any atom is 0.0931 e. The SMILES string of the molecule is CCC(C)c1ccc(CCNCO)cc1. The smallest absolute Gasteiger partial charge is 0.0931 e. The molecule has 2 N–H and O–H groups in total. The first-order chi connectivity index (χ1) is 7.27. The third kappa shape index (κ3) is 4.02. The van der Waals surface area contributed by atoms with Crippen LogP contribution in [0.15, 0.2) is 24.3 Å². The van der Waals surface area contributed by atoms with Gasteiger partial charge in [0.1, 0.15) is 0 Å². The van der Waals surface area contributed by atoms with E-state index in [-0.39, 0.29) is 6.73 Å². The second-order valence-electron chi connectivity index (χ2n) is 3.96. The van der Waals surface area contributed by atoms with E-state index in [1.54, 1.807) is 0 Å². The topological polar surface area (TPSA) is 32.3 Å². The summed E-state index contributed by atoms with van der Waals surface area (Å²) in [6.07, 6.45) is 2.16. The zero-order chi connectivity index (χ0) is 11.1. The first-order valence-electron chi connectivity index (χ1n) is 5.68. The van der Waals surface area contributed by atoms with Crippen LogP contribution in [-0.2, 0) is 6.42 Å². The molecular formula is C13H21NO. The van der Waals surface area contributed by atoms with Gasteiger partial charge in [0.25, 0.3) is 0 Å². The molecule has 0 aromatic heterocycles. The predicted octanol–water partition coefficient (Wildman–Crippen LogP) is 2.28. The van der Waals surface area contributed by atoms with E-state index in [2.05, 4.69) is 43.4 Å². The van der Waals surface area contributed by atoms with Gasteiger partial charge in [-0.2, -0.15) is 0 Å². The van der Waals surface area contributed by atoms with Gasteiger partial charge in [-0.15, -0.1) is 0 Å². The summed E-state index contributed by atoms with van der Waals surface area (Å²) in [5.74, 6) is 0.648. The van der Waals surface area contributed by atoms with Crippen molar-refractivity contribution in [2.24, 2.45) is 0 Å². The Hall–Kier alpha value is -0.860. The van der Waals surface area contributed by atoms with Gasteiger partial charge in [0.15, 0.2) is 0 Å². The highest BCUT2D eigenvalue weighted by atomic mass is 16.3. The minimum absolute atomic E-state index is 0.0605. The molecule has 0 heterocycles. The van der Waals surface area contributed by atoms with Crippen molar-refractivity contribution in [3.8, 4) is 0 Å². The first-order valence-corrected chi connectivity index (χ1v) is 5.68. The van der Waals surface area contributed by atoms with Crippen molar-refractivity contribution in [2.45, 2.75) is 32.6 Å². The van der Waals surface area contributed by atoms with Gasteiger partial charge in [0.2, 0.25) is 0 Å². The van der Waals surface area contributed by atoms with Gasteiger partial charge in [0, 0.05) is 6.54 Å². The summed E-state index contributed by atoms with van der Waals surface area (Å²) in [7, 11) is 0. The van der Waals surface area contributed by atoms with Gasteiger partial charge >= 0.3 is 0 Å². The Morgan fingerprint density at radius 2 is 1.93 bits per heavy atom. The van der Waals surface area contributed by atoms with Crippen molar-refractivity contribution in [1.29, 1.82) is 0 Å². The second-order valence-corrected chi connectivity index (χ2v) is 3.96. The Morgan fingerprint density at radius 1 is 1.27 bits per heavy atom. The molecule has 1 rings (SSSR count). The van der Waals surface area contributed by atoms with Gasteiger partial charge < -0.3 is 5.11 Å². The zero-order valence-electron chi connectivity index (χ0n) is 9.66. The lowest BCUT2D eigenvalue weighted by Crippen LogP contribution is -2.17. The molecule has 0 aliphatic heterocycles. The van der Waals surface area contributed by atoms with Gasteiger partial charge in [-0.1, -0.05) is 38.1 Å². The van der Waals surface area contributed by atoms with Crippen molar-refractivity contribution >= 4 is 0 Å². The molecule has 15 heavy (non-hydrogen) atoms. The van der Waals surface area contributed by atoms with Gasteiger partial charge in [-0.25, -0.2) is 0 Å². The largest absolute Gasteiger partial charge is 0.381 e. The molecular weight excluding hydrogens is 186 g/mol. The summed E-state index contributed by atoms with van der Waals surface area (Å²) in [4.78, 5) is 0. The molecule has 84 valence electrons. The van der Waals surface area contributed by atoms with E-state index in [4.69, 9.17) is 5.11 Å². The van der Waals surface area contributed by atoms with E-state index < -0.39 is 0 Å². The third-order valence-electron chi connectivity index (χ3n) is 2.86. The lowest BCUT2D eigenvalue weighted by atomic mass is 9.97. The van der Waals surface area contributed by atoms with Crippen LogP contribution in [-0.4, -0.2) is 18.4 Å². The van der Waals surface area contributed by atoms with Crippen LogP contribution in [0.2, 0.25) is 0 Å². The average molecular weight is 207 g/mol. The molecule has 1 atom stereocenters. The quantitative estimate of drug-likeness (QED) is 0.554. The zero-order valence-corrected chi connectivity index (χ0v) is 9.66. The highest BCUT2D eigenvalue weighted by Gasteiger charge is 2.01.